The van der Waals surface area contributed by atoms with Crippen LogP contribution in [0.4, 0.5) is 0 Å². The van der Waals surface area contributed by atoms with Gasteiger partial charge in [-0.05, 0) is 19.1 Å². The smallest absolute Gasteiger partial charge is 0.136 e. The molecular formula is C14H9NOS. The predicted octanol–water partition coefficient (Wildman–Crippen LogP) is 4.50. The van der Waals surface area contributed by atoms with Gasteiger partial charge in [0, 0.05) is 16.8 Å². The summed E-state index contributed by atoms with van der Waals surface area (Å²) in [6.07, 6.45) is 0. The van der Waals surface area contributed by atoms with E-state index in [0.717, 1.165) is 32.5 Å². The second kappa shape index (κ2) is 3.08. The monoisotopic (exact) mass is 239 g/mol. The van der Waals surface area contributed by atoms with Crippen molar-refractivity contribution in [3.63, 3.8) is 0 Å². The number of nitrogens with zero attached hydrogens (tertiary/aromatic N) is 1. The van der Waals surface area contributed by atoms with E-state index in [4.69, 9.17) is 4.42 Å². The number of benzene rings is 2. The molecule has 0 saturated carbocycles. The molecule has 17 heavy (non-hydrogen) atoms. The highest BCUT2D eigenvalue weighted by Gasteiger charge is 2.09. The van der Waals surface area contributed by atoms with Crippen LogP contribution in [-0.2, 0) is 0 Å². The fourth-order valence-electron chi connectivity index (χ4n) is 2.26. The van der Waals surface area contributed by atoms with E-state index in [9.17, 15) is 0 Å². The summed E-state index contributed by atoms with van der Waals surface area (Å²) in [7, 11) is 0. The van der Waals surface area contributed by atoms with Gasteiger partial charge in [-0.2, -0.15) is 0 Å². The van der Waals surface area contributed by atoms with Gasteiger partial charge in [0.1, 0.15) is 11.2 Å². The molecule has 4 aromatic rings. The Labute approximate surface area is 101 Å². The van der Waals surface area contributed by atoms with Gasteiger partial charge in [-0.1, -0.05) is 18.2 Å². The third-order valence-corrected chi connectivity index (χ3v) is 3.93. The number of thiazole rings is 1. The molecule has 2 aromatic carbocycles. The molecular weight excluding hydrogens is 230 g/mol. The molecule has 0 bridgehead atoms. The van der Waals surface area contributed by atoms with Crippen LogP contribution in [0.25, 0.3) is 32.2 Å². The number of hydrogen-bond acceptors (Lipinski definition) is 3. The van der Waals surface area contributed by atoms with Gasteiger partial charge in [0.05, 0.1) is 15.2 Å². The van der Waals surface area contributed by atoms with Crippen LogP contribution in [0.5, 0.6) is 0 Å². The Morgan fingerprint density at radius 3 is 2.88 bits per heavy atom. The van der Waals surface area contributed by atoms with Gasteiger partial charge >= 0.3 is 0 Å². The molecule has 2 aromatic heterocycles. The number of hydrogen-bond donors (Lipinski definition) is 0. The van der Waals surface area contributed by atoms with Crippen molar-refractivity contribution in [3.8, 4) is 0 Å². The zero-order valence-corrected chi connectivity index (χ0v) is 10.0. The van der Waals surface area contributed by atoms with Crippen molar-refractivity contribution in [2.75, 3.05) is 0 Å². The van der Waals surface area contributed by atoms with E-state index in [2.05, 4.69) is 23.2 Å². The summed E-state index contributed by atoms with van der Waals surface area (Å²) in [6.45, 7) is 2.03. The second-order valence-electron chi connectivity index (χ2n) is 4.15. The fourth-order valence-corrected chi connectivity index (χ4v) is 3.10. The Bertz CT molecular complexity index is 856. The molecule has 4 rings (SSSR count). The summed E-state index contributed by atoms with van der Waals surface area (Å²) >= 11 is 1.71. The Morgan fingerprint density at radius 1 is 1.06 bits per heavy atom. The minimum atomic E-state index is 0.942. The molecule has 82 valence electrons. The Morgan fingerprint density at radius 2 is 1.94 bits per heavy atom. The van der Waals surface area contributed by atoms with Crippen LogP contribution in [0.2, 0.25) is 0 Å². The maximum absolute atomic E-state index is 5.85. The van der Waals surface area contributed by atoms with Crippen LogP contribution < -0.4 is 0 Å². The molecule has 0 fully saturated rings. The SMILES string of the molecule is Cc1nc2cc3c(cc2s1)oc1ccccc13. The third kappa shape index (κ3) is 1.23. The van der Waals surface area contributed by atoms with E-state index in [1.165, 1.54) is 4.70 Å². The van der Waals surface area contributed by atoms with Gasteiger partial charge in [-0.25, -0.2) is 4.98 Å². The largest absolute Gasteiger partial charge is 0.456 e. The summed E-state index contributed by atoms with van der Waals surface area (Å²) in [5.41, 5.74) is 2.95. The molecule has 0 aliphatic carbocycles. The normalized spacial score (nSPS) is 11.8. The van der Waals surface area contributed by atoms with E-state index in [0.29, 0.717) is 0 Å². The van der Waals surface area contributed by atoms with Gasteiger partial charge in [0.15, 0.2) is 0 Å². The van der Waals surface area contributed by atoms with Crippen molar-refractivity contribution in [2.45, 2.75) is 6.92 Å². The third-order valence-electron chi connectivity index (χ3n) is 2.99. The standard InChI is InChI=1S/C14H9NOS/c1-8-15-11-6-10-9-4-2-3-5-12(9)16-13(10)7-14(11)17-8/h2-7H,1H3. The van der Waals surface area contributed by atoms with Crippen LogP contribution >= 0.6 is 11.3 Å². The summed E-state index contributed by atoms with van der Waals surface area (Å²) in [6, 6.07) is 12.3. The first-order valence-electron chi connectivity index (χ1n) is 5.50. The van der Waals surface area contributed by atoms with Gasteiger partial charge < -0.3 is 4.42 Å². The number of aromatic nitrogens is 1. The molecule has 0 aliphatic heterocycles. The molecule has 0 atom stereocenters. The van der Waals surface area contributed by atoms with E-state index < -0.39 is 0 Å². The lowest BCUT2D eigenvalue weighted by Gasteiger charge is -1.89. The highest BCUT2D eigenvalue weighted by molar-refractivity contribution is 7.18. The lowest BCUT2D eigenvalue weighted by atomic mass is 10.1. The van der Waals surface area contributed by atoms with Crippen molar-refractivity contribution >= 4 is 43.5 Å². The maximum Gasteiger partial charge on any atom is 0.136 e. The van der Waals surface area contributed by atoms with E-state index in [-0.39, 0.29) is 0 Å². The Hall–Kier alpha value is -1.87. The van der Waals surface area contributed by atoms with Crippen LogP contribution in [0.15, 0.2) is 40.8 Å². The first-order chi connectivity index (χ1) is 8.31. The zero-order chi connectivity index (χ0) is 11.4. The number of furan rings is 1. The second-order valence-corrected chi connectivity index (χ2v) is 5.38. The molecule has 2 heterocycles. The topological polar surface area (TPSA) is 26.0 Å². The van der Waals surface area contributed by atoms with Gasteiger partial charge in [-0.15, -0.1) is 11.3 Å². The van der Waals surface area contributed by atoms with Crippen LogP contribution in [-0.4, -0.2) is 4.98 Å². The number of rotatable bonds is 0. The number of fused-ring (bicyclic) bond motifs is 4. The fraction of sp³-hybridized carbons (Fsp3) is 0.0714. The van der Waals surface area contributed by atoms with Crippen molar-refractivity contribution in [1.82, 2.24) is 4.98 Å². The molecule has 0 spiro atoms. The Balaban J connectivity index is 2.26. The van der Waals surface area contributed by atoms with Crippen molar-refractivity contribution in [1.29, 1.82) is 0 Å². The minimum absolute atomic E-state index is 0.942. The van der Waals surface area contributed by atoms with Gasteiger partial charge in [0.2, 0.25) is 0 Å². The predicted molar refractivity (Wildman–Crippen MR) is 71.6 cm³/mol. The van der Waals surface area contributed by atoms with E-state index in [1.807, 2.05) is 25.1 Å². The van der Waals surface area contributed by atoms with Gasteiger partial charge in [-0.3, -0.25) is 0 Å². The first-order valence-corrected chi connectivity index (χ1v) is 6.31. The number of para-hydroxylation sites is 1. The minimum Gasteiger partial charge on any atom is -0.456 e. The van der Waals surface area contributed by atoms with Crippen LogP contribution in [0.3, 0.4) is 0 Å². The zero-order valence-electron chi connectivity index (χ0n) is 9.23. The highest BCUT2D eigenvalue weighted by atomic mass is 32.1. The molecule has 0 unspecified atom stereocenters. The molecule has 0 radical (unpaired) electrons. The molecule has 3 heteroatoms. The summed E-state index contributed by atoms with van der Waals surface area (Å²) in [5, 5.41) is 3.41. The molecule has 0 saturated heterocycles. The molecule has 2 nitrogen and oxygen atoms in total. The van der Waals surface area contributed by atoms with Crippen LogP contribution in [0.1, 0.15) is 5.01 Å². The first kappa shape index (κ1) is 9.19. The summed E-state index contributed by atoms with van der Waals surface area (Å²) in [5.74, 6) is 0. The highest BCUT2D eigenvalue weighted by Crippen LogP contribution is 2.33. The lowest BCUT2D eigenvalue weighted by Crippen LogP contribution is -1.69. The summed E-state index contributed by atoms with van der Waals surface area (Å²) < 4.78 is 7.04. The molecule has 0 N–H and O–H groups in total. The lowest BCUT2D eigenvalue weighted by molar-refractivity contribution is 0.669. The Kier molecular flexibility index (Phi) is 1.66. The average molecular weight is 239 g/mol. The van der Waals surface area contributed by atoms with E-state index in [1.54, 1.807) is 11.3 Å². The molecule has 0 amide bonds. The van der Waals surface area contributed by atoms with Gasteiger partial charge in [0.25, 0.3) is 0 Å². The molecule has 0 aliphatic rings. The average Bonchev–Trinajstić information content (AvgIpc) is 2.84. The van der Waals surface area contributed by atoms with Crippen LogP contribution in [0, 0.1) is 6.92 Å². The summed E-state index contributed by atoms with van der Waals surface area (Å²) in [4.78, 5) is 4.53. The van der Waals surface area contributed by atoms with Crippen molar-refractivity contribution in [2.24, 2.45) is 0 Å². The number of aryl methyl sites for hydroxylation is 1. The van der Waals surface area contributed by atoms with E-state index >= 15 is 0 Å². The van der Waals surface area contributed by atoms with Crippen molar-refractivity contribution in [3.05, 3.63) is 41.4 Å². The quantitative estimate of drug-likeness (QED) is 0.451. The van der Waals surface area contributed by atoms with Crippen molar-refractivity contribution < 1.29 is 4.42 Å². The maximum atomic E-state index is 5.85.